The molecule has 1 saturated heterocycles. The highest BCUT2D eigenvalue weighted by Gasteiger charge is 2.30. The first-order valence-electron chi connectivity index (χ1n) is 5.36. The number of hydrogen-bond acceptors (Lipinski definition) is 4. The maximum atomic E-state index is 11.9. The second-order valence-electron chi connectivity index (χ2n) is 3.90. The van der Waals surface area contributed by atoms with Gasteiger partial charge in [0.25, 0.3) is 0 Å². The Morgan fingerprint density at radius 2 is 2.47 bits per heavy atom. The molecule has 0 bridgehead atoms. The smallest absolute Gasteiger partial charge is 0.239 e. The Hall–Kier alpha value is -0.260. The van der Waals surface area contributed by atoms with Crippen molar-refractivity contribution >= 4 is 17.7 Å². The van der Waals surface area contributed by atoms with Gasteiger partial charge in [-0.15, -0.1) is 0 Å². The average molecular weight is 232 g/mol. The third-order valence-corrected chi connectivity index (χ3v) is 3.47. The lowest BCUT2D eigenvalue weighted by Gasteiger charge is -2.26. The van der Waals surface area contributed by atoms with E-state index in [9.17, 15) is 4.79 Å². The van der Waals surface area contributed by atoms with Gasteiger partial charge in [0, 0.05) is 6.54 Å². The molecule has 2 atom stereocenters. The van der Waals surface area contributed by atoms with E-state index in [4.69, 9.17) is 10.8 Å². The molecule has 1 heterocycles. The van der Waals surface area contributed by atoms with E-state index in [-0.39, 0.29) is 18.6 Å². The van der Waals surface area contributed by atoms with Crippen LogP contribution >= 0.6 is 11.8 Å². The first kappa shape index (κ1) is 12.8. The molecule has 1 fully saturated rings. The van der Waals surface area contributed by atoms with Crippen molar-refractivity contribution in [2.45, 2.75) is 31.3 Å². The van der Waals surface area contributed by atoms with E-state index >= 15 is 0 Å². The van der Waals surface area contributed by atoms with E-state index in [2.05, 4.69) is 0 Å². The van der Waals surface area contributed by atoms with Crippen molar-refractivity contribution in [1.82, 2.24) is 4.90 Å². The summed E-state index contributed by atoms with van der Waals surface area (Å²) in [6, 6.07) is -0.401. The van der Waals surface area contributed by atoms with Crippen LogP contribution in [0.4, 0.5) is 0 Å². The molecular weight excluding hydrogens is 212 g/mol. The molecule has 0 aliphatic carbocycles. The van der Waals surface area contributed by atoms with Crippen LogP contribution in [0.5, 0.6) is 0 Å². The van der Waals surface area contributed by atoms with E-state index in [1.165, 1.54) is 0 Å². The zero-order valence-corrected chi connectivity index (χ0v) is 10.0. The molecule has 0 spiro atoms. The van der Waals surface area contributed by atoms with E-state index in [0.717, 1.165) is 25.1 Å². The summed E-state index contributed by atoms with van der Waals surface area (Å²) in [5.74, 6) is 0.908. The van der Waals surface area contributed by atoms with E-state index in [0.29, 0.717) is 6.42 Å². The number of amides is 1. The molecule has 0 unspecified atom stereocenters. The van der Waals surface area contributed by atoms with Crippen molar-refractivity contribution in [1.29, 1.82) is 0 Å². The molecule has 4 nitrogen and oxygen atoms in total. The zero-order chi connectivity index (χ0) is 11.3. The minimum absolute atomic E-state index is 0.000556. The van der Waals surface area contributed by atoms with Crippen LogP contribution < -0.4 is 5.73 Å². The Kier molecular flexibility index (Phi) is 5.42. The molecular formula is C10H20N2O2S. The van der Waals surface area contributed by atoms with E-state index in [1.54, 1.807) is 16.7 Å². The van der Waals surface area contributed by atoms with Gasteiger partial charge < -0.3 is 15.7 Å². The third kappa shape index (κ3) is 3.36. The van der Waals surface area contributed by atoms with Crippen LogP contribution in [-0.2, 0) is 4.79 Å². The van der Waals surface area contributed by atoms with Crippen LogP contribution in [0.3, 0.4) is 0 Å². The SMILES string of the molecule is CSCC[C@@H](N)C(=O)N1CCC[C@H]1CO. The number of nitrogens with zero attached hydrogens (tertiary/aromatic N) is 1. The lowest BCUT2D eigenvalue weighted by Crippen LogP contribution is -2.47. The van der Waals surface area contributed by atoms with Crippen LogP contribution in [0.1, 0.15) is 19.3 Å². The molecule has 15 heavy (non-hydrogen) atoms. The topological polar surface area (TPSA) is 66.6 Å². The quantitative estimate of drug-likeness (QED) is 0.703. The highest BCUT2D eigenvalue weighted by Crippen LogP contribution is 2.18. The summed E-state index contributed by atoms with van der Waals surface area (Å²) >= 11 is 1.70. The van der Waals surface area contributed by atoms with Crippen molar-refractivity contribution in [3.63, 3.8) is 0 Å². The molecule has 1 aliphatic heterocycles. The molecule has 1 aliphatic rings. The van der Waals surface area contributed by atoms with Gasteiger partial charge in [-0.25, -0.2) is 0 Å². The largest absolute Gasteiger partial charge is 0.394 e. The van der Waals surface area contributed by atoms with Gasteiger partial charge in [-0.3, -0.25) is 4.79 Å². The first-order chi connectivity index (χ1) is 7.20. The molecule has 3 N–H and O–H groups in total. The minimum Gasteiger partial charge on any atom is -0.394 e. The van der Waals surface area contributed by atoms with Gasteiger partial charge in [-0.05, 0) is 31.3 Å². The Balaban J connectivity index is 2.44. The molecule has 0 radical (unpaired) electrons. The summed E-state index contributed by atoms with van der Waals surface area (Å²) in [5.41, 5.74) is 5.81. The number of rotatable bonds is 5. The fourth-order valence-electron chi connectivity index (χ4n) is 1.90. The van der Waals surface area contributed by atoms with Crippen molar-refractivity contribution in [2.24, 2.45) is 5.73 Å². The molecule has 0 aromatic rings. The van der Waals surface area contributed by atoms with Crippen molar-refractivity contribution < 1.29 is 9.90 Å². The number of carbonyl (C=O) groups is 1. The summed E-state index contributed by atoms with van der Waals surface area (Å²) in [7, 11) is 0. The molecule has 88 valence electrons. The van der Waals surface area contributed by atoms with Crippen LogP contribution in [0.2, 0.25) is 0 Å². The van der Waals surface area contributed by atoms with Crippen molar-refractivity contribution in [3.8, 4) is 0 Å². The maximum Gasteiger partial charge on any atom is 0.239 e. The Morgan fingerprint density at radius 1 is 1.73 bits per heavy atom. The monoisotopic (exact) mass is 232 g/mol. The van der Waals surface area contributed by atoms with E-state index in [1.807, 2.05) is 6.26 Å². The fourth-order valence-corrected chi connectivity index (χ4v) is 2.39. The van der Waals surface area contributed by atoms with Gasteiger partial charge in [0.05, 0.1) is 18.7 Å². The zero-order valence-electron chi connectivity index (χ0n) is 9.19. The Morgan fingerprint density at radius 3 is 3.07 bits per heavy atom. The van der Waals surface area contributed by atoms with Gasteiger partial charge in [-0.1, -0.05) is 0 Å². The lowest BCUT2D eigenvalue weighted by molar-refractivity contribution is -0.134. The Labute approximate surface area is 95.2 Å². The molecule has 0 aromatic carbocycles. The average Bonchev–Trinajstić information content (AvgIpc) is 2.72. The number of carbonyl (C=O) groups excluding carboxylic acids is 1. The second kappa shape index (κ2) is 6.35. The number of hydrogen-bond donors (Lipinski definition) is 2. The van der Waals surface area contributed by atoms with Gasteiger partial charge in [0.15, 0.2) is 0 Å². The molecule has 0 saturated carbocycles. The molecule has 1 amide bonds. The van der Waals surface area contributed by atoms with E-state index < -0.39 is 6.04 Å². The normalized spacial score (nSPS) is 23.1. The summed E-state index contributed by atoms with van der Waals surface area (Å²) in [4.78, 5) is 13.6. The molecule has 5 heteroatoms. The van der Waals surface area contributed by atoms with Crippen LogP contribution in [0, 0.1) is 0 Å². The van der Waals surface area contributed by atoms with Gasteiger partial charge in [0.2, 0.25) is 5.91 Å². The molecule has 1 rings (SSSR count). The maximum absolute atomic E-state index is 11.9. The first-order valence-corrected chi connectivity index (χ1v) is 6.76. The standard InChI is InChI=1S/C10H20N2O2S/c1-15-6-4-9(11)10(14)12-5-2-3-8(12)7-13/h8-9,13H,2-7,11H2,1H3/t8-,9+/m0/s1. The second-order valence-corrected chi connectivity index (χ2v) is 4.88. The van der Waals surface area contributed by atoms with Gasteiger partial charge in [0.1, 0.15) is 0 Å². The minimum atomic E-state index is -0.399. The number of nitrogens with two attached hydrogens (primary N) is 1. The number of likely N-dealkylation sites (tertiary alicyclic amines) is 1. The van der Waals surface area contributed by atoms with Crippen LogP contribution in [-0.4, -0.2) is 53.2 Å². The van der Waals surface area contributed by atoms with Crippen LogP contribution in [0.25, 0.3) is 0 Å². The van der Waals surface area contributed by atoms with Crippen LogP contribution in [0.15, 0.2) is 0 Å². The number of aliphatic hydroxyl groups excluding tert-OH is 1. The summed E-state index contributed by atoms with van der Waals surface area (Å²) in [6.07, 6.45) is 4.60. The highest BCUT2D eigenvalue weighted by atomic mass is 32.2. The lowest BCUT2D eigenvalue weighted by atomic mass is 10.2. The summed E-state index contributed by atoms with van der Waals surface area (Å²) < 4.78 is 0. The third-order valence-electron chi connectivity index (χ3n) is 2.82. The fraction of sp³-hybridized carbons (Fsp3) is 0.900. The summed E-state index contributed by atoms with van der Waals surface area (Å²) in [5, 5.41) is 9.10. The Bertz CT molecular complexity index is 214. The van der Waals surface area contributed by atoms with Gasteiger partial charge in [-0.2, -0.15) is 11.8 Å². The highest BCUT2D eigenvalue weighted by molar-refractivity contribution is 7.98. The molecule has 0 aromatic heterocycles. The predicted octanol–water partition coefficient (Wildman–Crippen LogP) is 0.0501. The van der Waals surface area contributed by atoms with Gasteiger partial charge >= 0.3 is 0 Å². The van der Waals surface area contributed by atoms with Crippen molar-refractivity contribution in [2.75, 3.05) is 25.2 Å². The van der Waals surface area contributed by atoms with Crippen molar-refractivity contribution in [3.05, 3.63) is 0 Å². The summed E-state index contributed by atoms with van der Waals surface area (Å²) in [6.45, 7) is 0.804. The number of thioether (sulfide) groups is 1. The number of aliphatic hydroxyl groups is 1. The predicted molar refractivity (Wildman–Crippen MR) is 62.8 cm³/mol.